The highest BCUT2D eigenvalue weighted by molar-refractivity contribution is 6.30. The highest BCUT2D eigenvalue weighted by Crippen LogP contribution is 2.25. The van der Waals surface area contributed by atoms with E-state index in [0.717, 1.165) is 38.8 Å². The Kier molecular flexibility index (Phi) is 8.95. The summed E-state index contributed by atoms with van der Waals surface area (Å²) >= 11 is 5.96. The first-order valence-electron chi connectivity index (χ1n) is 12.3. The lowest BCUT2D eigenvalue weighted by Gasteiger charge is -2.35. The molecule has 1 aliphatic heterocycles. The molecule has 2 aromatic rings. The highest BCUT2D eigenvalue weighted by Gasteiger charge is 2.30. The van der Waals surface area contributed by atoms with Crippen LogP contribution < -0.4 is 10.1 Å². The Hall–Kier alpha value is -2.68. The van der Waals surface area contributed by atoms with Gasteiger partial charge in [-0.25, -0.2) is 4.98 Å². The largest absolute Gasteiger partial charge is 0.438 e. The molecule has 4 rings (SSSR count). The summed E-state index contributed by atoms with van der Waals surface area (Å²) in [4.78, 5) is 35.0. The predicted molar refractivity (Wildman–Crippen MR) is 134 cm³/mol. The second kappa shape index (κ2) is 12.3. The molecule has 1 atom stereocenters. The van der Waals surface area contributed by atoms with E-state index in [1.807, 2.05) is 11.9 Å². The van der Waals surface area contributed by atoms with Crippen LogP contribution in [-0.2, 0) is 9.53 Å². The van der Waals surface area contributed by atoms with Crippen molar-refractivity contribution in [3.63, 3.8) is 0 Å². The summed E-state index contributed by atoms with van der Waals surface area (Å²) in [7, 11) is 2.04. The molecule has 0 spiro atoms. The van der Waals surface area contributed by atoms with Crippen molar-refractivity contribution in [2.75, 3.05) is 39.8 Å². The summed E-state index contributed by atoms with van der Waals surface area (Å²) in [5.41, 5.74) is 0.247. The van der Waals surface area contributed by atoms with Gasteiger partial charge in [0, 0.05) is 37.4 Å². The second-order valence-corrected chi connectivity index (χ2v) is 9.60. The highest BCUT2D eigenvalue weighted by atomic mass is 35.5. The topological polar surface area (TPSA) is 84.0 Å². The van der Waals surface area contributed by atoms with Crippen molar-refractivity contribution in [3.05, 3.63) is 53.2 Å². The maximum absolute atomic E-state index is 13.4. The lowest BCUT2D eigenvalue weighted by Crippen LogP contribution is -2.56. The summed E-state index contributed by atoms with van der Waals surface area (Å²) in [6.45, 7) is 3.01. The van der Waals surface area contributed by atoms with E-state index in [-0.39, 0.29) is 30.1 Å². The number of pyridine rings is 1. The van der Waals surface area contributed by atoms with Crippen LogP contribution in [0.2, 0.25) is 5.02 Å². The third kappa shape index (κ3) is 7.16. The predicted octanol–water partition coefficient (Wildman–Crippen LogP) is 3.75. The van der Waals surface area contributed by atoms with Gasteiger partial charge in [0.1, 0.15) is 17.4 Å². The first-order valence-corrected chi connectivity index (χ1v) is 12.7. The van der Waals surface area contributed by atoms with Gasteiger partial charge >= 0.3 is 0 Å². The van der Waals surface area contributed by atoms with Gasteiger partial charge in [0.25, 0.3) is 5.91 Å². The van der Waals surface area contributed by atoms with Gasteiger partial charge in [-0.2, -0.15) is 0 Å². The third-order valence-corrected chi connectivity index (χ3v) is 6.77. The number of nitrogens with one attached hydrogen (secondary N) is 1. The quantitative estimate of drug-likeness (QED) is 0.594. The molecule has 188 valence electrons. The van der Waals surface area contributed by atoms with Crippen LogP contribution in [0.4, 0.5) is 0 Å². The molecule has 1 aromatic carbocycles. The number of nitrogens with zero attached hydrogens (tertiary/aromatic N) is 3. The lowest BCUT2D eigenvalue weighted by molar-refractivity contribution is -0.137. The van der Waals surface area contributed by atoms with E-state index >= 15 is 0 Å². The van der Waals surface area contributed by atoms with E-state index in [4.69, 9.17) is 21.1 Å². The van der Waals surface area contributed by atoms with E-state index in [9.17, 15) is 9.59 Å². The molecule has 0 radical (unpaired) electrons. The van der Waals surface area contributed by atoms with Crippen molar-refractivity contribution in [2.45, 2.75) is 44.2 Å². The summed E-state index contributed by atoms with van der Waals surface area (Å²) in [5, 5.41) is 3.49. The van der Waals surface area contributed by atoms with Gasteiger partial charge in [0.15, 0.2) is 0 Å². The standard InChI is InChI=1S/C26H33ClN4O4/c1-30-14-16-31(17-15-30)26(33)23(18-34-20-6-3-2-4-7-20)29-24(32)22-8-5-13-28-25(22)35-21-11-9-19(27)10-12-21/h5,8-13,20,23H,2-4,6-7,14-18H2,1H3,(H,29,32)/t23-/m1/s1. The van der Waals surface area contributed by atoms with Crippen LogP contribution in [-0.4, -0.2) is 78.6 Å². The molecule has 1 aliphatic carbocycles. The summed E-state index contributed by atoms with van der Waals surface area (Å²) in [5.74, 6) is 0.118. The van der Waals surface area contributed by atoms with Crippen molar-refractivity contribution in [2.24, 2.45) is 0 Å². The Morgan fingerprint density at radius 3 is 2.51 bits per heavy atom. The molecule has 2 heterocycles. The van der Waals surface area contributed by atoms with Crippen LogP contribution in [0.5, 0.6) is 11.6 Å². The fourth-order valence-corrected chi connectivity index (χ4v) is 4.51. The van der Waals surface area contributed by atoms with Crippen LogP contribution in [0.3, 0.4) is 0 Å². The fraction of sp³-hybridized carbons (Fsp3) is 0.500. The number of rotatable bonds is 8. The monoisotopic (exact) mass is 500 g/mol. The molecule has 9 heteroatoms. The molecule has 2 aliphatic rings. The van der Waals surface area contributed by atoms with Crippen LogP contribution in [0, 0.1) is 0 Å². The van der Waals surface area contributed by atoms with E-state index in [1.54, 1.807) is 42.6 Å². The number of carbonyl (C=O) groups is 2. The normalized spacial score (nSPS) is 18.2. The number of likely N-dealkylation sites (N-methyl/N-ethyl adjacent to an activating group) is 1. The number of carbonyl (C=O) groups excluding carboxylic acids is 2. The molecule has 1 saturated heterocycles. The van der Waals surface area contributed by atoms with E-state index < -0.39 is 11.9 Å². The first-order chi connectivity index (χ1) is 17.0. The average molecular weight is 501 g/mol. The van der Waals surface area contributed by atoms with Gasteiger partial charge in [-0.3, -0.25) is 9.59 Å². The molecule has 1 saturated carbocycles. The molecular formula is C26H33ClN4O4. The Bertz CT molecular complexity index is 989. The number of benzene rings is 1. The number of piperazine rings is 1. The van der Waals surface area contributed by atoms with Crippen molar-refractivity contribution in [3.8, 4) is 11.6 Å². The Morgan fingerprint density at radius 1 is 1.09 bits per heavy atom. The summed E-state index contributed by atoms with van der Waals surface area (Å²) < 4.78 is 12.0. The summed E-state index contributed by atoms with van der Waals surface area (Å²) in [6.07, 6.45) is 7.16. The molecule has 2 amide bonds. The minimum atomic E-state index is -0.781. The van der Waals surface area contributed by atoms with E-state index in [2.05, 4.69) is 15.2 Å². The SMILES string of the molecule is CN1CCN(C(=O)[C@@H](COC2CCCCC2)NC(=O)c2cccnc2Oc2ccc(Cl)cc2)CC1. The molecule has 8 nitrogen and oxygen atoms in total. The zero-order chi connectivity index (χ0) is 24.6. The smallest absolute Gasteiger partial charge is 0.257 e. The van der Waals surface area contributed by atoms with Gasteiger partial charge in [0.2, 0.25) is 11.8 Å². The second-order valence-electron chi connectivity index (χ2n) is 9.16. The molecule has 1 aromatic heterocycles. The van der Waals surface area contributed by atoms with Crippen molar-refractivity contribution in [1.82, 2.24) is 20.1 Å². The maximum Gasteiger partial charge on any atom is 0.257 e. The zero-order valence-electron chi connectivity index (χ0n) is 20.1. The molecule has 1 N–H and O–H groups in total. The number of hydrogen-bond acceptors (Lipinski definition) is 6. The number of ether oxygens (including phenoxy) is 2. The zero-order valence-corrected chi connectivity index (χ0v) is 20.9. The third-order valence-electron chi connectivity index (χ3n) is 6.51. The van der Waals surface area contributed by atoms with Crippen molar-refractivity contribution >= 4 is 23.4 Å². The van der Waals surface area contributed by atoms with Crippen molar-refractivity contribution < 1.29 is 19.1 Å². The average Bonchev–Trinajstić information content (AvgIpc) is 2.89. The number of amides is 2. The number of aromatic nitrogens is 1. The van der Waals surface area contributed by atoms with Gasteiger partial charge in [-0.15, -0.1) is 0 Å². The van der Waals surface area contributed by atoms with Crippen molar-refractivity contribution in [1.29, 1.82) is 0 Å². The molecule has 0 unspecified atom stereocenters. The Morgan fingerprint density at radius 2 is 1.80 bits per heavy atom. The molecular weight excluding hydrogens is 468 g/mol. The van der Waals surface area contributed by atoms with E-state index in [1.165, 1.54) is 6.42 Å². The van der Waals surface area contributed by atoms with Crippen LogP contribution >= 0.6 is 11.6 Å². The minimum absolute atomic E-state index is 0.119. The number of hydrogen-bond donors (Lipinski definition) is 1. The van der Waals surface area contributed by atoms with Gasteiger partial charge in [0.05, 0.1) is 12.7 Å². The van der Waals surface area contributed by atoms with Gasteiger partial charge < -0.3 is 24.6 Å². The molecule has 35 heavy (non-hydrogen) atoms. The molecule has 0 bridgehead atoms. The lowest BCUT2D eigenvalue weighted by atomic mass is 9.98. The molecule has 2 fully saturated rings. The fourth-order valence-electron chi connectivity index (χ4n) is 4.38. The number of halogens is 1. The summed E-state index contributed by atoms with van der Waals surface area (Å²) in [6, 6.07) is 9.33. The Balaban J connectivity index is 1.47. The van der Waals surface area contributed by atoms with Gasteiger partial charge in [-0.1, -0.05) is 30.9 Å². The van der Waals surface area contributed by atoms with Crippen LogP contribution in [0.25, 0.3) is 0 Å². The van der Waals surface area contributed by atoms with Crippen LogP contribution in [0.1, 0.15) is 42.5 Å². The van der Waals surface area contributed by atoms with E-state index in [0.29, 0.717) is 23.9 Å². The Labute approximate surface area is 211 Å². The van der Waals surface area contributed by atoms with Gasteiger partial charge in [-0.05, 0) is 56.3 Å². The maximum atomic E-state index is 13.4. The minimum Gasteiger partial charge on any atom is -0.438 e. The first kappa shape index (κ1) is 25.4. The van der Waals surface area contributed by atoms with Crippen LogP contribution in [0.15, 0.2) is 42.6 Å².